The second kappa shape index (κ2) is 6.72. The van der Waals surface area contributed by atoms with Crippen LogP contribution in [0.1, 0.15) is 19.3 Å². The summed E-state index contributed by atoms with van der Waals surface area (Å²) in [5.41, 5.74) is 0. The number of rotatable bonds is 2. The van der Waals surface area contributed by atoms with Gasteiger partial charge in [0.2, 0.25) is 11.8 Å². The molecule has 7 heteroatoms. The van der Waals surface area contributed by atoms with Gasteiger partial charge in [0, 0.05) is 51.5 Å². The molecule has 2 aliphatic heterocycles. The molecule has 2 saturated heterocycles. The minimum absolute atomic E-state index is 0.0241. The molecule has 0 unspecified atom stereocenters. The van der Waals surface area contributed by atoms with Gasteiger partial charge in [-0.15, -0.1) is 0 Å². The molecule has 1 N–H and O–H groups in total. The molecule has 2 fully saturated rings. The van der Waals surface area contributed by atoms with Crippen molar-refractivity contribution in [2.24, 2.45) is 5.92 Å². The van der Waals surface area contributed by atoms with E-state index in [-0.39, 0.29) is 17.7 Å². The number of carbonyl (C=O) groups is 2. The summed E-state index contributed by atoms with van der Waals surface area (Å²) in [5, 5.41) is 2.81. The van der Waals surface area contributed by atoms with Crippen LogP contribution in [-0.2, 0) is 9.59 Å². The first-order valence-electron chi connectivity index (χ1n) is 7.80. The quantitative estimate of drug-likeness (QED) is 0.835. The van der Waals surface area contributed by atoms with E-state index in [4.69, 9.17) is 0 Å². The molecule has 1 atom stereocenters. The Balaban J connectivity index is 1.64. The summed E-state index contributed by atoms with van der Waals surface area (Å²) in [4.78, 5) is 36.5. The van der Waals surface area contributed by atoms with E-state index >= 15 is 0 Å². The Bertz CT molecular complexity index is 536. The van der Waals surface area contributed by atoms with Crippen molar-refractivity contribution in [2.75, 3.05) is 37.6 Å². The van der Waals surface area contributed by atoms with E-state index in [1.165, 1.54) is 0 Å². The van der Waals surface area contributed by atoms with Gasteiger partial charge in [0.1, 0.15) is 5.82 Å². The van der Waals surface area contributed by atoms with Gasteiger partial charge in [-0.3, -0.25) is 14.6 Å². The van der Waals surface area contributed by atoms with Crippen LogP contribution in [0.15, 0.2) is 18.6 Å². The zero-order valence-electron chi connectivity index (χ0n) is 12.6. The molecule has 3 heterocycles. The Morgan fingerprint density at radius 2 is 2.18 bits per heavy atom. The predicted molar refractivity (Wildman–Crippen MR) is 81.2 cm³/mol. The minimum atomic E-state index is -0.0241. The highest BCUT2D eigenvalue weighted by Crippen LogP contribution is 2.22. The number of nitrogens with zero attached hydrogens (tertiary/aromatic N) is 4. The Labute approximate surface area is 129 Å². The topological polar surface area (TPSA) is 78.4 Å². The second-order valence-corrected chi connectivity index (χ2v) is 5.77. The van der Waals surface area contributed by atoms with Gasteiger partial charge in [0.15, 0.2) is 0 Å². The summed E-state index contributed by atoms with van der Waals surface area (Å²) >= 11 is 0. The number of carbonyl (C=O) groups excluding carboxylic acids is 2. The van der Waals surface area contributed by atoms with Gasteiger partial charge in [-0.1, -0.05) is 0 Å². The highest BCUT2D eigenvalue weighted by atomic mass is 16.2. The van der Waals surface area contributed by atoms with Crippen LogP contribution in [-0.4, -0.2) is 59.4 Å². The van der Waals surface area contributed by atoms with E-state index in [1.54, 1.807) is 18.6 Å². The predicted octanol–water partition coefficient (Wildman–Crippen LogP) is 0.0415. The number of hydrogen-bond acceptors (Lipinski definition) is 5. The van der Waals surface area contributed by atoms with E-state index in [2.05, 4.69) is 20.2 Å². The molecule has 118 valence electrons. The van der Waals surface area contributed by atoms with E-state index in [0.29, 0.717) is 32.6 Å². The molecular formula is C15H21N5O2. The Hall–Kier alpha value is -2.18. The molecule has 0 aromatic carbocycles. The molecule has 7 nitrogen and oxygen atoms in total. The number of hydrogen-bond donors (Lipinski definition) is 1. The van der Waals surface area contributed by atoms with Crippen LogP contribution in [0.2, 0.25) is 0 Å². The Kier molecular flexibility index (Phi) is 4.50. The van der Waals surface area contributed by atoms with Crippen LogP contribution in [0.4, 0.5) is 5.82 Å². The highest BCUT2D eigenvalue weighted by molar-refractivity contribution is 5.82. The summed E-state index contributed by atoms with van der Waals surface area (Å²) < 4.78 is 0. The van der Waals surface area contributed by atoms with Gasteiger partial charge in [0.05, 0.1) is 12.1 Å². The molecule has 2 aliphatic rings. The lowest BCUT2D eigenvalue weighted by molar-refractivity contribution is -0.135. The highest BCUT2D eigenvalue weighted by Gasteiger charge is 2.30. The van der Waals surface area contributed by atoms with Gasteiger partial charge >= 0.3 is 0 Å². The van der Waals surface area contributed by atoms with E-state index < -0.39 is 0 Å². The molecular weight excluding hydrogens is 282 g/mol. The van der Waals surface area contributed by atoms with Gasteiger partial charge in [-0.25, -0.2) is 4.98 Å². The fraction of sp³-hybridized carbons (Fsp3) is 0.600. The fourth-order valence-corrected chi connectivity index (χ4v) is 3.09. The maximum atomic E-state index is 12.7. The number of anilines is 1. The maximum Gasteiger partial charge on any atom is 0.227 e. The molecule has 0 radical (unpaired) electrons. The van der Waals surface area contributed by atoms with E-state index in [0.717, 1.165) is 25.2 Å². The van der Waals surface area contributed by atoms with Crippen molar-refractivity contribution < 1.29 is 9.59 Å². The monoisotopic (exact) mass is 303 g/mol. The molecule has 0 spiro atoms. The van der Waals surface area contributed by atoms with Crippen molar-refractivity contribution >= 4 is 17.6 Å². The number of piperidine rings is 1. The third-order valence-electron chi connectivity index (χ3n) is 4.27. The molecule has 3 rings (SSSR count). The number of amides is 2. The first kappa shape index (κ1) is 14.7. The summed E-state index contributed by atoms with van der Waals surface area (Å²) in [6.07, 6.45) is 7.32. The summed E-state index contributed by atoms with van der Waals surface area (Å²) in [7, 11) is 0. The van der Waals surface area contributed by atoms with Crippen molar-refractivity contribution in [1.82, 2.24) is 20.2 Å². The van der Waals surface area contributed by atoms with Crippen LogP contribution in [0.3, 0.4) is 0 Å². The van der Waals surface area contributed by atoms with Crippen LogP contribution in [0, 0.1) is 5.92 Å². The van der Waals surface area contributed by atoms with Gasteiger partial charge < -0.3 is 15.1 Å². The standard InChI is InChI=1S/C15H21N5O2/c21-14-3-8-19(9-6-18-14)15(22)12-2-1-7-20(11-12)13-10-16-4-5-17-13/h4-5,10,12H,1-3,6-9,11H2,(H,18,21)/t12-/m1/s1. The molecule has 0 aliphatic carbocycles. The van der Waals surface area contributed by atoms with Gasteiger partial charge in [0.25, 0.3) is 0 Å². The largest absolute Gasteiger partial charge is 0.355 e. The first-order chi connectivity index (χ1) is 10.7. The van der Waals surface area contributed by atoms with Gasteiger partial charge in [-0.2, -0.15) is 0 Å². The summed E-state index contributed by atoms with van der Waals surface area (Å²) in [6.45, 7) is 3.25. The molecule has 0 bridgehead atoms. The van der Waals surface area contributed by atoms with E-state index in [1.807, 2.05) is 4.90 Å². The third-order valence-corrected chi connectivity index (χ3v) is 4.27. The van der Waals surface area contributed by atoms with Gasteiger partial charge in [-0.05, 0) is 12.8 Å². The normalized spacial score (nSPS) is 22.9. The van der Waals surface area contributed by atoms with E-state index in [9.17, 15) is 9.59 Å². The molecule has 2 amide bonds. The zero-order valence-corrected chi connectivity index (χ0v) is 12.6. The lowest BCUT2D eigenvalue weighted by atomic mass is 9.96. The molecule has 22 heavy (non-hydrogen) atoms. The second-order valence-electron chi connectivity index (χ2n) is 5.77. The van der Waals surface area contributed by atoms with Crippen molar-refractivity contribution in [3.05, 3.63) is 18.6 Å². The Morgan fingerprint density at radius 3 is 3.00 bits per heavy atom. The minimum Gasteiger partial charge on any atom is -0.355 e. The molecule has 0 saturated carbocycles. The first-order valence-corrected chi connectivity index (χ1v) is 7.80. The molecule has 1 aromatic heterocycles. The lowest BCUT2D eigenvalue weighted by Crippen LogP contribution is -2.46. The van der Waals surface area contributed by atoms with Crippen molar-refractivity contribution in [3.63, 3.8) is 0 Å². The van der Waals surface area contributed by atoms with Crippen molar-refractivity contribution in [2.45, 2.75) is 19.3 Å². The third kappa shape index (κ3) is 3.35. The fourth-order valence-electron chi connectivity index (χ4n) is 3.09. The number of nitrogens with one attached hydrogen (secondary N) is 1. The van der Waals surface area contributed by atoms with Crippen LogP contribution in [0.5, 0.6) is 0 Å². The lowest BCUT2D eigenvalue weighted by Gasteiger charge is -2.35. The average Bonchev–Trinajstić information content (AvgIpc) is 2.80. The zero-order chi connectivity index (χ0) is 15.4. The van der Waals surface area contributed by atoms with Crippen LogP contribution >= 0.6 is 0 Å². The summed E-state index contributed by atoms with van der Waals surface area (Å²) in [5.74, 6) is 0.988. The van der Waals surface area contributed by atoms with Crippen molar-refractivity contribution in [1.29, 1.82) is 0 Å². The smallest absolute Gasteiger partial charge is 0.227 e. The Morgan fingerprint density at radius 1 is 1.27 bits per heavy atom. The maximum absolute atomic E-state index is 12.7. The SMILES string of the molecule is O=C1CCN(C(=O)[C@@H]2CCCN(c3cnccn3)C2)CCN1. The average molecular weight is 303 g/mol. The van der Waals surface area contributed by atoms with Crippen LogP contribution in [0.25, 0.3) is 0 Å². The molecule has 1 aromatic rings. The van der Waals surface area contributed by atoms with Crippen molar-refractivity contribution in [3.8, 4) is 0 Å². The summed E-state index contributed by atoms with van der Waals surface area (Å²) in [6, 6.07) is 0. The number of aromatic nitrogens is 2. The van der Waals surface area contributed by atoms with Crippen LogP contribution < -0.4 is 10.2 Å².